The van der Waals surface area contributed by atoms with Crippen LogP contribution in [0, 0.1) is 17.6 Å². The summed E-state index contributed by atoms with van der Waals surface area (Å²) in [4.78, 5) is 26.4. The normalized spacial score (nSPS) is 23.6. The molecule has 3 aromatic rings. The van der Waals surface area contributed by atoms with E-state index in [1.165, 1.54) is 0 Å². The van der Waals surface area contributed by atoms with Gasteiger partial charge in [0.2, 0.25) is 5.78 Å². The predicted octanol–water partition coefficient (Wildman–Crippen LogP) is 5.15. The van der Waals surface area contributed by atoms with E-state index in [4.69, 9.17) is 4.74 Å². The van der Waals surface area contributed by atoms with Crippen LogP contribution in [-0.2, 0) is 9.53 Å². The standard InChI is InChI=1S/C29H29F2N2O3/c30-23-15-24(31)17-25(16-23)32-28(22-9-5-2-6-10-22)29(35)36-27-19-33(13-11-21(27)12-14-33)18-26(34)20-7-3-1-4-8-20/h1-10,15-17,21,27-28,32H,11-14,18-19H2/q+1/t21?,27-,28?,33?/m0/s1. The Hall–Kier alpha value is -3.58. The van der Waals surface area contributed by atoms with Crippen molar-refractivity contribution in [3.05, 3.63) is 102 Å². The number of nitrogens with zero attached hydrogens (tertiary/aromatic N) is 1. The zero-order chi connectivity index (χ0) is 25.1. The maximum atomic E-state index is 13.8. The van der Waals surface area contributed by atoms with E-state index in [1.54, 1.807) is 24.3 Å². The van der Waals surface area contributed by atoms with Crippen molar-refractivity contribution in [2.45, 2.75) is 25.0 Å². The molecule has 36 heavy (non-hydrogen) atoms. The fraction of sp³-hybridized carbons (Fsp3) is 0.310. The highest BCUT2D eigenvalue weighted by Crippen LogP contribution is 2.37. The third-order valence-corrected chi connectivity index (χ3v) is 7.43. The molecule has 0 amide bonds. The van der Waals surface area contributed by atoms with Crippen molar-refractivity contribution < 1.29 is 27.6 Å². The summed E-state index contributed by atoms with van der Waals surface area (Å²) in [7, 11) is 0. The second-order valence-corrected chi connectivity index (χ2v) is 9.88. The molecule has 1 N–H and O–H groups in total. The number of rotatable bonds is 8. The van der Waals surface area contributed by atoms with Crippen molar-refractivity contribution in [3.63, 3.8) is 0 Å². The van der Waals surface area contributed by atoms with Gasteiger partial charge in [-0.15, -0.1) is 0 Å². The number of esters is 1. The number of halogens is 2. The molecule has 5 nitrogen and oxygen atoms in total. The largest absolute Gasteiger partial charge is 0.454 e. The van der Waals surface area contributed by atoms with Gasteiger partial charge in [0.1, 0.15) is 24.7 Å². The molecule has 0 aromatic heterocycles. The third kappa shape index (κ3) is 5.31. The van der Waals surface area contributed by atoms with Gasteiger partial charge in [-0.25, -0.2) is 13.6 Å². The summed E-state index contributed by atoms with van der Waals surface area (Å²) in [6.07, 6.45) is 1.46. The number of benzene rings is 3. The molecular formula is C29H29F2N2O3+. The van der Waals surface area contributed by atoms with E-state index in [-0.39, 0.29) is 23.5 Å². The van der Waals surface area contributed by atoms with Crippen LogP contribution in [0.25, 0.3) is 0 Å². The van der Waals surface area contributed by atoms with Crippen LogP contribution in [0.1, 0.15) is 34.8 Å². The molecule has 0 saturated carbocycles. The highest BCUT2D eigenvalue weighted by molar-refractivity contribution is 5.97. The van der Waals surface area contributed by atoms with Crippen LogP contribution in [0.5, 0.6) is 0 Å². The van der Waals surface area contributed by atoms with Crippen LogP contribution in [0.2, 0.25) is 0 Å². The Morgan fingerprint density at radius 1 is 0.917 bits per heavy atom. The van der Waals surface area contributed by atoms with Crippen molar-refractivity contribution >= 4 is 17.4 Å². The first-order valence-electron chi connectivity index (χ1n) is 12.3. The van der Waals surface area contributed by atoms with Crippen LogP contribution < -0.4 is 5.32 Å². The lowest BCUT2D eigenvalue weighted by Crippen LogP contribution is -2.65. The Balaban J connectivity index is 1.33. The minimum atomic E-state index is -0.928. The Morgan fingerprint density at radius 3 is 2.17 bits per heavy atom. The van der Waals surface area contributed by atoms with Gasteiger partial charge >= 0.3 is 5.97 Å². The lowest BCUT2D eigenvalue weighted by atomic mass is 9.82. The first-order chi connectivity index (χ1) is 17.4. The van der Waals surface area contributed by atoms with Crippen molar-refractivity contribution in [2.24, 2.45) is 5.92 Å². The quantitative estimate of drug-likeness (QED) is 0.269. The fourth-order valence-electron chi connectivity index (χ4n) is 5.54. The van der Waals surface area contributed by atoms with Gasteiger partial charge in [-0.3, -0.25) is 4.79 Å². The fourth-order valence-corrected chi connectivity index (χ4v) is 5.54. The van der Waals surface area contributed by atoms with Gasteiger partial charge in [0.15, 0.2) is 12.1 Å². The second kappa shape index (κ2) is 10.2. The Labute approximate surface area is 209 Å². The highest BCUT2D eigenvalue weighted by Gasteiger charge is 2.49. The van der Waals surface area contributed by atoms with Crippen LogP contribution in [-0.4, -0.2) is 48.5 Å². The number of ether oxygens (including phenoxy) is 1. The number of quaternary nitrogens is 1. The molecule has 3 aromatic carbocycles. The summed E-state index contributed by atoms with van der Waals surface area (Å²) in [6.45, 7) is 2.75. The third-order valence-electron chi connectivity index (χ3n) is 7.43. The van der Waals surface area contributed by atoms with E-state index in [9.17, 15) is 18.4 Å². The monoisotopic (exact) mass is 491 g/mol. The molecule has 6 rings (SSSR count). The van der Waals surface area contributed by atoms with Gasteiger partial charge in [-0.1, -0.05) is 60.7 Å². The molecule has 3 fully saturated rings. The molecule has 3 heterocycles. The van der Waals surface area contributed by atoms with E-state index < -0.39 is 23.6 Å². The summed E-state index contributed by atoms with van der Waals surface area (Å²) in [5.41, 5.74) is 1.49. The minimum absolute atomic E-state index is 0.0954. The Bertz CT molecular complexity index is 1210. The van der Waals surface area contributed by atoms with Crippen molar-refractivity contribution in [2.75, 3.05) is 31.5 Å². The molecule has 0 aliphatic carbocycles. The maximum absolute atomic E-state index is 13.8. The van der Waals surface area contributed by atoms with Gasteiger partial charge in [0.25, 0.3) is 0 Å². The number of ketones is 1. The number of nitrogens with one attached hydrogen (secondary N) is 1. The molecule has 2 bridgehead atoms. The van der Waals surface area contributed by atoms with Gasteiger partial charge < -0.3 is 14.5 Å². The first-order valence-corrected chi connectivity index (χ1v) is 12.3. The summed E-state index contributed by atoms with van der Waals surface area (Å²) < 4.78 is 34.3. The summed E-state index contributed by atoms with van der Waals surface area (Å²) in [6, 6.07) is 20.4. The second-order valence-electron chi connectivity index (χ2n) is 9.88. The molecule has 3 saturated heterocycles. The molecule has 3 aliphatic heterocycles. The van der Waals surface area contributed by atoms with E-state index in [0.717, 1.165) is 44.1 Å². The molecule has 7 heteroatoms. The average Bonchev–Trinajstić information content (AvgIpc) is 2.88. The van der Waals surface area contributed by atoms with Crippen molar-refractivity contribution in [3.8, 4) is 0 Å². The molecular weight excluding hydrogens is 462 g/mol. The zero-order valence-electron chi connectivity index (χ0n) is 19.9. The van der Waals surface area contributed by atoms with E-state index in [2.05, 4.69) is 5.32 Å². The number of hydrogen-bond acceptors (Lipinski definition) is 4. The topological polar surface area (TPSA) is 55.4 Å². The van der Waals surface area contributed by atoms with Gasteiger partial charge in [0.05, 0.1) is 13.1 Å². The van der Waals surface area contributed by atoms with Gasteiger partial charge in [-0.2, -0.15) is 0 Å². The molecule has 0 spiro atoms. The van der Waals surface area contributed by atoms with Crippen molar-refractivity contribution in [1.82, 2.24) is 0 Å². The number of fused-ring (bicyclic) bond motifs is 3. The van der Waals surface area contributed by atoms with Crippen LogP contribution in [0.15, 0.2) is 78.9 Å². The smallest absolute Gasteiger partial charge is 0.333 e. The zero-order valence-corrected chi connectivity index (χ0v) is 19.9. The van der Waals surface area contributed by atoms with Crippen LogP contribution >= 0.6 is 0 Å². The maximum Gasteiger partial charge on any atom is 0.333 e. The molecule has 1 unspecified atom stereocenters. The highest BCUT2D eigenvalue weighted by atomic mass is 19.1. The van der Waals surface area contributed by atoms with Crippen LogP contribution in [0.4, 0.5) is 14.5 Å². The Morgan fingerprint density at radius 2 is 1.53 bits per heavy atom. The summed E-state index contributed by atoms with van der Waals surface area (Å²) >= 11 is 0. The molecule has 2 atom stereocenters. The van der Waals surface area contributed by atoms with Crippen molar-refractivity contribution in [1.29, 1.82) is 0 Å². The number of anilines is 1. The van der Waals surface area contributed by atoms with E-state index in [1.807, 2.05) is 36.4 Å². The lowest BCUT2D eigenvalue weighted by Gasteiger charge is -2.51. The number of hydrogen-bond donors (Lipinski definition) is 1. The van der Waals surface area contributed by atoms with Crippen LogP contribution in [0.3, 0.4) is 0 Å². The molecule has 186 valence electrons. The van der Waals surface area contributed by atoms with E-state index in [0.29, 0.717) is 28.7 Å². The van der Waals surface area contributed by atoms with Gasteiger partial charge in [-0.05, 0) is 17.7 Å². The van der Waals surface area contributed by atoms with E-state index >= 15 is 0 Å². The Kier molecular flexibility index (Phi) is 6.83. The molecule has 0 radical (unpaired) electrons. The number of Topliss-reactive ketones (excluding diaryl/α,β-unsaturated/α-hetero) is 1. The summed E-state index contributed by atoms with van der Waals surface area (Å²) in [5, 5.41) is 2.96. The van der Waals surface area contributed by atoms with Gasteiger partial charge in [0, 0.05) is 36.1 Å². The number of carbonyl (C=O) groups excluding carboxylic acids is 2. The number of piperidine rings is 3. The predicted molar refractivity (Wildman–Crippen MR) is 132 cm³/mol. The first kappa shape index (κ1) is 24.1. The minimum Gasteiger partial charge on any atom is -0.454 e. The SMILES string of the molecule is O=C(C[N+]12CCC(CC1)[C@@H](OC(=O)C(Nc1cc(F)cc(F)c1)c1ccccc1)C2)c1ccccc1. The number of carbonyl (C=O) groups is 2. The lowest BCUT2D eigenvalue weighted by molar-refractivity contribution is -0.938. The summed E-state index contributed by atoms with van der Waals surface area (Å²) in [5.74, 6) is -1.63. The average molecular weight is 492 g/mol. The molecule has 3 aliphatic rings.